The number of ketones is 1. The molecule has 10 nitrogen and oxygen atoms in total. The minimum atomic E-state index is -1.17. The third kappa shape index (κ3) is 7.59. The fraction of sp³-hybridized carbons (Fsp3) is 0.387. The molecule has 2 aliphatic rings. The Hall–Kier alpha value is -4.47. The first kappa shape index (κ1) is 29.5. The first-order valence-corrected chi connectivity index (χ1v) is 13.5. The molecule has 2 aliphatic heterocycles. The lowest BCUT2D eigenvalue weighted by Gasteiger charge is -2.28. The van der Waals surface area contributed by atoms with E-state index in [0.29, 0.717) is 17.1 Å². The second-order valence-corrected chi connectivity index (χ2v) is 11.5. The number of carbonyl (C=O) groups is 5. The fourth-order valence-corrected chi connectivity index (χ4v) is 4.90. The zero-order valence-corrected chi connectivity index (χ0v) is 23.6. The van der Waals surface area contributed by atoms with E-state index in [1.54, 1.807) is 48.5 Å². The standard InChI is InChI=1S/C31H35N3O7/c1-18-27(30(39)34-29(18)38)28(37)22(16-31(2,3)4)33-26(36)15-21(20-8-6-5-7-9-20)32-25(35)13-11-19-10-12-23-24(14-19)41-17-40-23/h5-14,18,21-22,27H,15-17H2,1-4H3,(H,32,35)(H,33,36)(H,34,38,39)/b13-11+/t18-,21-,22?,27+/m0/s1. The summed E-state index contributed by atoms with van der Waals surface area (Å²) in [5, 5.41) is 7.86. The molecule has 2 aromatic carbocycles. The molecular formula is C31H35N3O7. The van der Waals surface area contributed by atoms with Gasteiger partial charge in [0.2, 0.25) is 30.4 Å². The molecule has 0 spiro atoms. The Morgan fingerprint density at radius 3 is 2.37 bits per heavy atom. The quantitative estimate of drug-likeness (QED) is 0.230. The topological polar surface area (TPSA) is 140 Å². The maximum atomic E-state index is 13.4. The van der Waals surface area contributed by atoms with E-state index in [9.17, 15) is 24.0 Å². The van der Waals surface area contributed by atoms with Crippen LogP contribution in [0.3, 0.4) is 0 Å². The Morgan fingerprint density at radius 1 is 1.00 bits per heavy atom. The molecule has 41 heavy (non-hydrogen) atoms. The number of imide groups is 1. The van der Waals surface area contributed by atoms with Crippen molar-refractivity contribution >= 4 is 35.5 Å². The largest absolute Gasteiger partial charge is 0.454 e. The molecule has 0 radical (unpaired) electrons. The number of amides is 4. The van der Waals surface area contributed by atoms with Crippen molar-refractivity contribution in [1.82, 2.24) is 16.0 Å². The van der Waals surface area contributed by atoms with Crippen LogP contribution in [0.2, 0.25) is 0 Å². The van der Waals surface area contributed by atoms with Gasteiger partial charge in [0, 0.05) is 6.08 Å². The summed E-state index contributed by atoms with van der Waals surface area (Å²) in [5.41, 5.74) is 1.09. The average Bonchev–Trinajstić information content (AvgIpc) is 3.48. The Morgan fingerprint density at radius 2 is 1.71 bits per heavy atom. The number of hydrogen-bond acceptors (Lipinski definition) is 7. The van der Waals surface area contributed by atoms with Gasteiger partial charge in [0.1, 0.15) is 5.92 Å². The lowest BCUT2D eigenvalue weighted by Crippen LogP contribution is -2.48. The third-order valence-electron chi connectivity index (χ3n) is 6.98. The van der Waals surface area contributed by atoms with Gasteiger partial charge < -0.3 is 20.1 Å². The Labute approximate surface area is 238 Å². The van der Waals surface area contributed by atoms with Crippen molar-refractivity contribution in [2.45, 2.75) is 52.6 Å². The number of fused-ring (bicyclic) bond motifs is 1. The Balaban J connectivity index is 1.47. The van der Waals surface area contributed by atoms with Crippen LogP contribution in [0.25, 0.3) is 6.08 Å². The van der Waals surface area contributed by atoms with E-state index in [4.69, 9.17) is 9.47 Å². The summed E-state index contributed by atoms with van der Waals surface area (Å²) >= 11 is 0. The molecule has 2 heterocycles. The number of benzene rings is 2. The number of ether oxygens (including phenoxy) is 2. The van der Waals surface area contributed by atoms with Gasteiger partial charge in [0.15, 0.2) is 17.3 Å². The molecule has 0 aliphatic carbocycles. The molecule has 10 heteroatoms. The first-order chi connectivity index (χ1) is 19.4. The SMILES string of the molecule is C[C@@H]1C(=O)NC(=O)[C@H]1C(=O)C(CC(C)(C)C)NC(=O)C[C@H](NC(=O)/C=C/c1ccc2c(c1)OCO2)c1ccccc1. The van der Waals surface area contributed by atoms with Crippen molar-refractivity contribution in [3.05, 3.63) is 65.7 Å². The predicted octanol–water partition coefficient (Wildman–Crippen LogP) is 3.07. The molecule has 4 amide bonds. The molecule has 1 saturated heterocycles. The predicted molar refractivity (Wildman–Crippen MR) is 150 cm³/mol. The Bertz CT molecular complexity index is 1360. The van der Waals surface area contributed by atoms with Gasteiger partial charge in [-0.1, -0.05) is 64.1 Å². The van der Waals surface area contributed by atoms with Gasteiger partial charge in [-0.3, -0.25) is 29.3 Å². The van der Waals surface area contributed by atoms with Crippen LogP contribution >= 0.6 is 0 Å². The molecule has 0 aromatic heterocycles. The van der Waals surface area contributed by atoms with Gasteiger partial charge in [0.25, 0.3) is 0 Å². The summed E-state index contributed by atoms with van der Waals surface area (Å²) in [6, 6.07) is 12.7. The molecule has 1 fully saturated rings. The lowest BCUT2D eigenvalue weighted by atomic mass is 9.81. The Kier molecular flexibility index (Phi) is 8.90. The van der Waals surface area contributed by atoms with Gasteiger partial charge in [-0.2, -0.15) is 0 Å². The summed E-state index contributed by atoms with van der Waals surface area (Å²) < 4.78 is 10.7. The van der Waals surface area contributed by atoms with Gasteiger partial charge in [-0.15, -0.1) is 0 Å². The maximum absolute atomic E-state index is 13.4. The van der Waals surface area contributed by atoms with Crippen molar-refractivity contribution in [3.63, 3.8) is 0 Å². The normalized spacial score (nSPS) is 19.5. The summed E-state index contributed by atoms with van der Waals surface area (Å²) in [6.07, 6.45) is 3.12. The van der Waals surface area contributed by atoms with Crippen molar-refractivity contribution in [1.29, 1.82) is 0 Å². The zero-order valence-electron chi connectivity index (χ0n) is 23.6. The minimum Gasteiger partial charge on any atom is -0.454 e. The first-order valence-electron chi connectivity index (χ1n) is 13.5. The van der Waals surface area contributed by atoms with Crippen molar-refractivity contribution in [3.8, 4) is 11.5 Å². The van der Waals surface area contributed by atoms with Crippen LogP contribution in [0.5, 0.6) is 11.5 Å². The van der Waals surface area contributed by atoms with Gasteiger partial charge in [0.05, 0.1) is 24.4 Å². The van der Waals surface area contributed by atoms with Crippen molar-refractivity contribution in [2.24, 2.45) is 17.3 Å². The molecule has 4 atom stereocenters. The van der Waals surface area contributed by atoms with E-state index in [0.717, 1.165) is 5.56 Å². The van der Waals surface area contributed by atoms with E-state index in [1.807, 2.05) is 26.8 Å². The number of hydrogen-bond donors (Lipinski definition) is 3. The van der Waals surface area contributed by atoms with Gasteiger partial charge in [-0.25, -0.2) is 0 Å². The van der Waals surface area contributed by atoms with Crippen LogP contribution in [0, 0.1) is 17.3 Å². The van der Waals surface area contributed by atoms with E-state index in [-0.39, 0.29) is 25.0 Å². The van der Waals surface area contributed by atoms with E-state index < -0.39 is 53.3 Å². The summed E-state index contributed by atoms with van der Waals surface area (Å²) in [7, 11) is 0. The highest BCUT2D eigenvalue weighted by Gasteiger charge is 2.46. The van der Waals surface area contributed by atoms with E-state index in [1.165, 1.54) is 13.0 Å². The maximum Gasteiger partial charge on any atom is 0.244 e. The van der Waals surface area contributed by atoms with Gasteiger partial charge in [-0.05, 0) is 41.2 Å². The van der Waals surface area contributed by atoms with Gasteiger partial charge >= 0.3 is 0 Å². The van der Waals surface area contributed by atoms with Crippen molar-refractivity contribution < 1.29 is 33.4 Å². The number of nitrogens with one attached hydrogen (secondary N) is 3. The molecule has 216 valence electrons. The fourth-order valence-electron chi connectivity index (χ4n) is 4.90. The van der Waals surface area contributed by atoms with Crippen molar-refractivity contribution in [2.75, 3.05) is 6.79 Å². The summed E-state index contributed by atoms with van der Waals surface area (Å²) in [6.45, 7) is 7.43. The highest BCUT2D eigenvalue weighted by atomic mass is 16.7. The molecule has 1 unspecified atom stereocenters. The molecule has 0 bridgehead atoms. The van der Waals surface area contributed by atoms with Crippen LogP contribution in [-0.2, 0) is 24.0 Å². The monoisotopic (exact) mass is 561 g/mol. The lowest BCUT2D eigenvalue weighted by molar-refractivity contribution is -0.137. The van der Waals surface area contributed by atoms with Crippen LogP contribution < -0.4 is 25.4 Å². The number of Topliss-reactive ketones (excluding diaryl/α,β-unsaturated/α-hetero) is 1. The minimum absolute atomic E-state index is 0.146. The second kappa shape index (κ2) is 12.4. The third-order valence-corrected chi connectivity index (χ3v) is 6.98. The smallest absolute Gasteiger partial charge is 0.244 e. The zero-order chi connectivity index (χ0) is 29.7. The molecule has 3 N–H and O–H groups in total. The van der Waals surface area contributed by atoms with Crippen LogP contribution in [-0.4, -0.2) is 42.2 Å². The molecule has 0 saturated carbocycles. The van der Waals surface area contributed by atoms with E-state index in [2.05, 4.69) is 16.0 Å². The molecule has 4 rings (SSSR count). The summed E-state index contributed by atoms with van der Waals surface area (Å²) in [5.74, 6) is -3.29. The highest BCUT2D eigenvalue weighted by molar-refractivity contribution is 6.16. The highest BCUT2D eigenvalue weighted by Crippen LogP contribution is 2.33. The van der Waals surface area contributed by atoms with E-state index >= 15 is 0 Å². The molecule has 2 aromatic rings. The number of rotatable bonds is 10. The average molecular weight is 562 g/mol. The van der Waals surface area contributed by atoms with Crippen LogP contribution in [0.1, 0.15) is 57.7 Å². The summed E-state index contributed by atoms with van der Waals surface area (Å²) in [4.78, 5) is 64.0. The number of carbonyl (C=O) groups excluding carboxylic acids is 5. The molecular weight excluding hydrogens is 526 g/mol. The second-order valence-electron chi connectivity index (χ2n) is 11.5. The van der Waals surface area contributed by atoms with Crippen LogP contribution in [0.4, 0.5) is 0 Å². The van der Waals surface area contributed by atoms with Crippen LogP contribution in [0.15, 0.2) is 54.6 Å².